The Balaban J connectivity index is 1.82. The molecule has 0 saturated heterocycles. The topological polar surface area (TPSA) is 82.2 Å². The lowest BCUT2D eigenvalue weighted by Crippen LogP contribution is -2.18. The zero-order chi connectivity index (χ0) is 25.2. The minimum atomic E-state index is -3.58. The van der Waals surface area contributed by atoms with E-state index in [1.807, 2.05) is 62.4 Å². The summed E-state index contributed by atoms with van der Waals surface area (Å²) in [6.07, 6.45) is 2.81. The van der Waals surface area contributed by atoms with Gasteiger partial charge in [0.15, 0.2) is 0 Å². The van der Waals surface area contributed by atoms with Gasteiger partial charge in [-0.1, -0.05) is 73.8 Å². The molecule has 7 heteroatoms. The second-order valence-corrected chi connectivity index (χ2v) is 11.1. The predicted molar refractivity (Wildman–Crippen MR) is 144 cm³/mol. The highest BCUT2D eigenvalue weighted by molar-refractivity contribution is 7.90. The molecule has 0 radical (unpaired) electrons. The van der Waals surface area contributed by atoms with Crippen LogP contribution in [-0.4, -0.2) is 24.1 Å². The molecule has 0 fully saturated rings. The number of carbonyl (C=O) groups excluding carboxylic acids is 1. The van der Waals surface area contributed by atoms with Crippen molar-refractivity contribution < 1.29 is 13.2 Å². The van der Waals surface area contributed by atoms with Gasteiger partial charge in [-0.3, -0.25) is 4.79 Å². The molecule has 1 amide bonds. The van der Waals surface area contributed by atoms with Crippen molar-refractivity contribution in [3.8, 4) is 11.1 Å². The Morgan fingerprint density at radius 1 is 0.971 bits per heavy atom. The molecular weight excluding hydrogens is 480 g/mol. The van der Waals surface area contributed by atoms with Crippen LogP contribution >= 0.6 is 11.6 Å². The van der Waals surface area contributed by atoms with Crippen LogP contribution < -0.4 is 5.73 Å². The molecule has 0 saturated carbocycles. The molecule has 4 aromatic rings. The highest BCUT2D eigenvalue weighted by atomic mass is 35.5. The van der Waals surface area contributed by atoms with Crippen molar-refractivity contribution in [1.29, 1.82) is 0 Å². The van der Waals surface area contributed by atoms with Crippen LogP contribution in [0.2, 0.25) is 5.02 Å². The molecule has 0 aliphatic rings. The van der Waals surface area contributed by atoms with E-state index < -0.39 is 15.9 Å². The van der Waals surface area contributed by atoms with E-state index in [1.165, 1.54) is 3.97 Å². The monoisotopic (exact) mass is 508 g/mol. The maximum absolute atomic E-state index is 13.3. The number of fused-ring (bicyclic) bond motifs is 1. The Morgan fingerprint density at radius 3 is 2.37 bits per heavy atom. The lowest BCUT2D eigenvalue weighted by atomic mass is 9.98. The van der Waals surface area contributed by atoms with Crippen LogP contribution in [-0.2, 0) is 16.4 Å². The van der Waals surface area contributed by atoms with Crippen LogP contribution in [0.15, 0.2) is 66.7 Å². The van der Waals surface area contributed by atoms with Gasteiger partial charge in [-0.25, -0.2) is 12.4 Å². The van der Waals surface area contributed by atoms with E-state index in [9.17, 15) is 13.2 Å². The quantitative estimate of drug-likeness (QED) is 0.268. The number of aromatic nitrogens is 1. The van der Waals surface area contributed by atoms with Crippen molar-refractivity contribution in [1.82, 2.24) is 3.97 Å². The summed E-state index contributed by atoms with van der Waals surface area (Å²) in [5.74, 6) is -0.492. The fourth-order valence-electron chi connectivity index (χ4n) is 4.50. The summed E-state index contributed by atoms with van der Waals surface area (Å²) < 4.78 is 28.1. The largest absolute Gasteiger partial charge is 0.366 e. The van der Waals surface area contributed by atoms with Crippen molar-refractivity contribution in [2.45, 2.75) is 39.5 Å². The number of hydrogen-bond donors (Lipinski definition) is 1. The van der Waals surface area contributed by atoms with Gasteiger partial charge in [0, 0.05) is 28.1 Å². The highest BCUT2D eigenvalue weighted by Gasteiger charge is 2.24. The summed E-state index contributed by atoms with van der Waals surface area (Å²) in [6.45, 7) is 3.85. The van der Waals surface area contributed by atoms with Gasteiger partial charge < -0.3 is 5.73 Å². The summed E-state index contributed by atoms with van der Waals surface area (Å²) in [5, 5.41) is 1.30. The molecule has 0 aliphatic carbocycles. The summed E-state index contributed by atoms with van der Waals surface area (Å²) in [7, 11) is -3.58. The Bertz CT molecular complexity index is 1490. The third kappa shape index (κ3) is 5.14. The Labute approximate surface area is 211 Å². The second-order valence-electron chi connectivity index (χ2n) is 8.80. The molecule has 5 nitrogen and oxygen atoms in total. The molecule has 1 aromatic heterocycles. The number of halogens is 1. The first-order valence-corrected chi connectivity index (χ1v) is 13.7. The van der Waals surface area contributed by atoms with Gasteiger partial charge in [-0.2, -0.15) is 0 Å². The molecule has 0 atom stereocenters. The predicted octanol–water partition coefficient (Wildman–Crippen LogP) is 6.33. The summed E-state index contributed by atoms with van der Waals surface area (Å²) in [4.78, 5) is 11.9. The second kappa shape index (κ2) is 10.3. The molecule has 3 aromatic carbocycles. The van der Waals surface area contributed by atoms with Gasteiger partial charge in [0.1, 0.15) is 0 Å². The Hall–Kier alpha value is -3.09. The van der Waals surface area contributed by atoms with E-state index in [0.29, 0.717) is 40.0 Å². The number of benzene rings is 3. The van der Waals surface area contributed by atoms with Gasteiger partial charge in [0.05, 0.1) is 11.3 Å². The van der Waals surface area contributed by atoms with E-state index in [-0.39, 0.29) is 5.75 Å². The fourth-order valence-corrected chi connectivity index (χ4v) is 6.49. The Morgan fingerprint density at radius 2 is 1.71 bits per heavy atom. The van der Waals surface area contributed by atoms with E-state index in [1.54, 1.807) is 18.2 Å². The molecule has 0 unspecified atom stereocenters. The third-order valence-corrected chi connectivity index (χ3v) is 8.56. The SMILES string of the molecule is CCCCCS(=O)(=O)n1c(C)c(Cc2ccc(-c3ccccc3)cc2Cl)c2cc(C(N)=O)ccc21. The third-order valence-electron chi connectivity index (χ3n) is 6.38. The number of unbranched alkanes of at least 4 members (excludes halogenated alkanes) is 2. The number of amides is 1. The van der Waals surface area contributed by atoms with Crippen molar-refractivity contribution in [2.24, 2.45) is 5.73 Å². The van der Waals surface area contributed by atoms with Gasteiger partial charge in [-0.05, 0) is 59.9 Å². The minimum Gasteiger partial charge on any atom is -0.366 e. The van der Waals surface area contributed by atoms with Crippen LogP contribution in [0.4, 0.5) is 0 Å². The number of nitrogens with zero attached hydrogens (tertiary/aromatic N) is 1. The van der Waals surface area contributed by atoms with Crippen molar-refractivity contribution in [3.63, 3.8) is 0 Å². The maximum Gasteiger partial charge on any atom is 0.248 e. The molecule has 182 valence electrons. The van der Waals surface area contributed by atoms with E-state index in [4.69, 9.17) is 17.3 Å². The lowest BCUT2D eigenvalue weighted by molar-refractivity contribution is 0.100. The van der Waals surface area contributed by atoms with Gasteiger partial charge >= 0.3 is 0 Å². The summed E-state index contributed by atoms with van der Waals surface area (Å²) in [5.41, 5.74) is 10.8. The Kier molecular flexibility index (Phi) is 7.33. The molecule has 35 heavy (non-hydrogen) atoms. The average molecular weight is 509 g/mol. The van der Waals surface area contributed by atoms with Crippen LogP contribution in [0.1, 0.15) is 53.4 Å². The van der Waals surface area contributed by atoms with Crippen molar-refractivity contribution >= 4 is 38.4 Å². The smallest absolute Gasteiger partial charge is 0.248 e. The zero-order valence-electron chi connectivity index (χ0n) is 19.9. The van der Waals surface area contributed by atoms with E-state index >= 15 is 0 Å². The molecule has 0 spiro atoms. The van der Waals surface area contributed by atoms with Crippen molar-refractivity contribution in [3.05, 3.63) is 94.1 Å². The van der Waals surface area contributed by atoms with Crippen LogP contribution in [0.5, 0.6) is 0 Å². The fraction of sp³-hybridized carbons (Fsp3) is 0.250. The van der Waals surface area contributed by atoms with Crippen LogP contribution in [0.25, 0.3) is 22.0 Å². The molecule has 1 heterocycles. The van der Waals surface area contributed by atoms with Crippen LogP contribution in [0, 0.1) is 6.92 Å². The first-order chi connectivity index (χ1) is 16.7. The standard InChI is InChI=1S/C28H29ClN2O3S/c1-3-4-8-15-35(33,34)31-19(2)24(25-17-23(28(30)32)13-14-27(25)31)16-22-12-11-21(18-26(22)29)20-9-6-5-7-10-20/h5-7,9-14,17-18H,3-4,8,15-16H2,1-2H3,(H2,30,32). The van der Waals surface area contributed by atoms with Crippen LogP contribution in [0.3, 0.4) is 0 Å². The number of rotatable bonds is 9. The molecule has 0 aliphatic heterocycles. The van der Waals surface area contributed by atoms with Gasteiger partial charge in [-0.15, -0.1) is 0 Å². The number of primary amides is 1. The average Bonchev–Trinajstić information content (AvgIpc) is 3.12. The molecule has 4 rings (SSSR count). The zero-order valence-corrected chi connectivity index (χ0v) is 21.5. The van der Waals surface area contributed by atoms with E-state index in [0.717, 1.165) is 35.1 Å². The first-order valence-electron chi connectivity index (χ1n) is 11.7. The molecular formula is C28H29ClN2O3S. The lowest BCUT2D eigenvalue weighted by Gasteiger charge is -2.11. The minimum absolute atomic E-state index is 0.0645. The summed E-state index contributed by atoms with van der Waals surface area (Å²) >= 11 is 6.70. The normalized spacial score (nSPS) is 11.7. The summed E-state index contributed by atoms with van der Waals surface area (Å²) in [6, 6.07) is 20.8. The van der Waals surface area contributed by atoms with Crippen molar-refractivity contribution in [2.75, 3.05) is 5.75 Å². The van der Waals surface area contributed by atoms with Gasteiger partial charge in [0.2, 0.25) is 15.9 Å². The maximum atomic E-state index is 13.3. The number of nitrogens with two attached hydrogens (primary N) is 1. The van der Waals surface area contributed by atoms with Gasteiger partial charge in [0.25, 0.3) is 0 Å². The first kappa shape index (κ1) is 25.0. The molecule has 2 N–H and O–H groups in total. The number of hydrogen-bond acceptors (Lipinski definition) is 3. The van der Waals surface area contributed by atoms with E-state index in [2.05, 4.69) is 0 Å². The number of carbonyl (C=O) groups is 1. The highest BCUT2D eigenvalue weighted by Crippen LogP contribution is 2.33. The molecule has 0 bridgehead atoms.